The lowest BCUT2D eigenvalue weighted by molar-refractivity contribution is -0.150. The van der Waals surface area contributed by atoms with Crippen LogP contribution in [0.4, 0.5) is 0 Å². The van der Waals surface area contributed by atoms with Gasteiger partial charge in [-0.05, 0) is 61.4 Å². The minimum Gasteiger partial charge on any atom is -0.482 e. The average Bonchev–Trinajstić information content (AvgIpc) is 2.64. The summed E-state index contributed by atoms with van der Waals surface area (Å²) in [4.78, 5) is 24.6. The van der Waals surface area contributed by atoms with Crippen molar-refractivity contribution in [1.82, 2.24) is 5.32 Å². The Morgan fingerprint density at radius 2 is 1.70 bits per heavy atom. The molecule has 2 aromatic rings. The molecule has 1 amide bonds. The van der Waals surface area contributed by atoms with Gasteiger partial charge in [0.1, 0.15) is 5.75 Å². The van der Waals surface area contributed by atoms with Gasteiger partial charge >= 0.3 is 5.97 Å². The summed E-state index contributed by atoms with van der Waals surface area (Å²) < 4.78 is 10.3. The first-order valence-corrected chi connectivity index (χ1v) is 9.83. The Hall–Kier alpha value is -2.47. The van der Waals surface area contributed by atoms with Crippen LogP contribution >= 0.6 is 11.8 Å². The highest BCUT2D eigenvalue weighted by Crippen LogP contribution is 2.17. The third kappa shape index (κ3) is 8.64. The lowest BCUT2D eigenvalue weighted by Crippen LogP contribution is -2.30. The largest absolute Gasteiger partial charge is 0.482 e. The minimum absolute atomic E-state index is 0.218. The molecular formula is C21H25NO4S. The van der Waals surface area contributed by atoms with E-state index in [0.29, 0.717) is 12.3 Å². The van der Waals surface area contributed by atoms with Gasteiger partial charge in [-0.15, -0.1) is 11.8 Å². The van der Waals surface area contributed by atoms with Crippen molar-refractivity contribution in [2.75, 3.05) is 25.5 Å². The van der Waals surface area contributed by atoms with E-state index < -0.39 is 5.97 Å². The number of hydrogen-bond donors (Lipinski definition) is 1. The second kappa shape index (κ2) is 11.3. The van der Waals surface area contributed by atoms with E-state index in [1.165, 1.54) is 4.90 Å². The van der Waals surface area contributed by atoms with Crippen LogP contribution in [0.5, 0.6) is 5.75 Å². The number of thioether (sulfide) groups is 1. The van der Waals surface area contributed by atoms with Gasteiger partial charge in [-0.25, -0.2) is 4.79 Å². The molecule has 1 N–H and O–H groups in total. The molecule has 0 saturated heterocycles. The van der Waals surface area contributed by atoms with Gasteiger partial charge in [0.15, 0.2) is 13.2 Å². The molecule has 0 spiro atoms. The van der Waals surface area contributed by atoms with Crippen molar-refractivity contribution >= 4 is 23.6 Å². The Kier molecular flexibility index (Phi) is 8.71. The molecule has 0 unspecified atom stereocenters. The number of esters is 1. The molecule has 0 aliphatic heterocycles. The Bertz CT molecular complexity index is 729. The molecule has 0 bridgehead atoms. The second-order valence-corrected chi connectivity index (χ2v) is 7.31. The predicted molar refractivity (Wildman–Crippen MR) is 107 cm³/mol. The van der Waals surface area contributed by atoms with Gasteiger partial charge < -0.3 is 14.8 Å². The maximum Gasteiger partial charge on any atom is 0.344 e. The van der Waals surface area contributed by atoms with Crippen molar-refractivity contribution in [1.29, 1.82) is 0 Å². The maximum absolute atomic E-state index is 11.7. The third-order valence-corrected chi connectivity index (χ3v) is 4.67. The predicted octanol–water partition coefficient (Wildman–Crippen LogP) is 3.52. The number of carbonyl (C=O) groups excluding carboxylic acids is 2. The van der Waals surface area contributed by atoms with Gasteiger partial charge in [0.05, 0.1) is 0 Å². The molecular weight excluding hydrogens is 362 g/mol. The minimum atomic E-state index is -0.566. The summed E-state index contributed by atoms with van der Waals surface area (Å²) in [6.45, 7) is 3.96. The van der Waals surface area contributed by atoms with Crippen molar-refractivity contribution in [3.8, 4) is 5.75 Å². The summed E-state index contributed by atoms with van der Waals surface area (Å²) in [6, 6.07) is 15.8. The number of rotatable bonds is 10. The number of nitrogens with one attached hydrogen (secondary N) is 1. The molecule has 6 heteroatoms. The highest BCUT2D eigenvalue weighted by molar-refractivity contribution is 7.99. The number of ether oxygens (including phenoxy) is 2. The molecule has 0 aliphatic carbocycles. The standard InChI is InChI=1S/C21H25NO4S/c1-16-11-17(2)13-18(12-16)25-15-21(24)26-14-20(23)22-9-6-10-27-19-7-4-3-5-8-19/h3-5,7-8,11-13H,6,9-10,14-15H2,1-2H3,(H,22,23). The van der Waals surface area contributed by atoms with Crippen molar-refractivity contribution < 1.29 is 19.1 Å². The highest BCUT2D eigenvalue weighted by Gasteiger charge is 2.08. The molecule has 5 nitrogen and oxygen atoms in total. The number of aryl methyl sites for hydroxylation is 2. The lowest BCUT2D eigenvalue weighted by Gasteiger charge is -2.09. The molecule has 0 aromatic heterocycles. The van der Waals surface area contributed by atoms with Crippen molar-refractivity contribution in [3.05, 3.63) is 59.7 Å². The fourth-order valence-electron chi connectivity index (χ4n) is 2.40. The molecule has 27 heavy (non-hydrogen) atoms. The van der Waals surface area contributed by atoms with E-state index >= 15 is 0 Å². The van der Waals surface area contributed by atoms with Gasteiger partial charge in [0.25, 0.3) is 5.91 Å². The lowest BCUT2D eigenvalue weighted by atomic mass is 10.1. The Morgan fingerprint density at radius 1 is 1.00 bits per heavy atom. The van der Waals surface area contributed by atoms with Crippen molar-refractivity contribution in [3.63, 3.8) is 0 Å². The fraction of sp³-hybridized carbons (Fsp3) is 0.333. The topological polar surface area (TPSA) is 64.6 Å². The summed E-state index contributed by atoms with van der Waals surface area (Å²) in [5.74, 6) is 0.654. The Labute approximate surface area is 164 Å². The van der Waals surface area contributed by atoms with Crippen molar-refractivity contribution in [2.24, 2.45) is 0 Å². The molecule has 2 aromatic carbocycles. The van der Waals surface area contributed by atoms with Crippen molar-refractivity contribution in [2.45, 2.75) is 25.2 Å². The molecule has 0 saturated carbocycles. The van der Waals surface area contributed by atoms with Crippen LogP contribution in [0.2, 0.25) is 0 Å². The van der Waals surface area contributed by atoms with Gasteiger partial charge in [0, 0.05) is 11.4 Å². The van der Waals surface area contributed by atoms with Gasteiger partial charge in [-0.2, -0.15) is 0 Å². The molecule has 2 rings (SSSR count). The van der Waals surface area contributed by atoms with Crippen LogP contribution in [0.3, 0.4) is 0 Å². The first kappa shape index (κ1) is 20.8. The van der Waals surface area contributed by atoms with E-state index in [2.05, 4.69) is 17.4 Å². The zero-order chi connectivity index (χ0) is 19.5. The molecule has 0 fully saturated rings. The summed E-state index contributed by atoms with van der Waals surface area (Å²) >= 11 is 1.74. The molecule has 0 radical (unpaired) electrons. The fourth-order valence-corrected chi connectivity index (χ4v) is 3.28. The first-order valence-electron chi connectivity index (χ1n) is 8.84. The van der Waals surface area contributed by atoms with Crippen LogP contribution < -0.4 is 10.1 Å². The summed E-state index contributed by atoms with van der Waals surface area (Å²) in [6.07, 6.45) is 0.842. The number of carbonyl (C=O) groups is 2. The molecule has 0 heterocycles. The van der Waals surface area contributed by atoms with Crippen LogP contribution in [0.1, 0.15) is 17.5 Å². The maximum atomic E-state index is 11.7. The number of hydrogen-bond acceptors (Lipinski definition) is 5. The third-order valence-electron chi connectivity index (χ3n) is 3.57. The van der Waals surface area contributed by atoms with Gasteiger partial charge in [-0.3, -0.25) is 4.79 Å². The van der Waals surface area contributed by atoms with E-state index in [0.717, 1.165) is 23.3 Å². The summed E-state index contributed by atoms with van der Waals surface area (Å²) in [5.41, 5.74) is 2.12. The van der Waals surface area contributed by atoms with E-state index in [4.69, 9.17) is 9.47 Å². The van der Waals surface area contributed by atoms with Crippen LogP contribution in [-0.2, 0) is 14.3 Å². The molecule has 0 atom stereocenters. The Balaban J connectivity index is 1.54. The van der Waals surface area contributed by atoms with E-state index in [1.807, 2.05) is 50.2 Å². The average molecular weight is 388 g/mol. The number of benzene rings is 2. The monoisotopic (exact) mass is 387 g/mol. The molecule has 0 aliphatic rings. The summed E-state index contributed by atoms with van der Waals surface area (Å²) in [5, 5.41) is 2.74. The first-order chi connectivity index (χ1) is 13.0. The zero-order valence-corrected chi connectivity index (χ0v) is 16.5. The van der Waals surface area contributed by atoms with Crippen LogP contribution in [0.25, 0.3) is 0 Å². The van der Waals surface area contributed by atoms with E-state index in [-0.39, 0.29) is 19.1 Å². The van der Waals surface area contributed by atoms with E-state index in [9.17, 15) is 9.59 Å². The van der Waals surface area contributed by atoms with Crippen LogP contribution in [0, 0.1) is 13.8 Å². The number of amides is 1. The second-order valence-electron chi connectivity index (χ2n) is 6.14. The Morgan fingerprint density at radius 3 is 2.41 bits per heavy atom. The smallest absolute Gasteiger partial charge is 0.344 e. The zero-order valence-electron chi connectivity index (χ0n) is 15.7. The van der Waals surface area contributed by atoms with E-state index in [1.54, 1.807) is 11.8 Å². The normalized spacial score (nSPS) is 10.3. The van der Waals surface area contributed by atoms with Crippen LogP contribution in [-0.4, -0.2) is 37.4 Å². The van der Waals surface area contributed by atoms with Crippen LogP contribution in [0.15, 0.2) is 53.4 Å². The van der Waals surface area contributed by atoms with Gasteiger partial charge in [-0.1, -0.05) is 24.3 Å². The summed E-state index contributed by atoms with van der Waals surface area (Å²) in [7, 11) is 0. The SMILES string of the molecule is Cc1cc(C)cc(OCC(=O)OCC(=O)NCCCSc2ccccc2)c1. The van der Waals surface area contributed by atoms with Gasteiger partial charge in [0.2, 0.25) is 0 Å². The highest BCUT2D eigenvalue weighted by atomic mass is 32.2. The quantitative estimate of drug-likeness (QED) is 0.384. The molecule has 144 valence electrons.